The largest absolute Gasteiger partial charge is 0.342 e. The second-order valence-electron chi connectivity index (χ2n) is 19.8. The molecular weight excluding hydrogens is 690 g/mol. The second-order valence-corrected chi connectivity index (χ2v) is 31.8. The van der Waals surface area contributed by atoms with Crippen LogP contribution >= 0.6 is 0 Å². The van der Waals surface area contributed by atoms with Gasteiger partial charge in [0.1, 0.15) is 0 Å². The first-order chi connectivity index (χ1) is 23.7. The van der Waals surface area contributed by atoms with Crippen molar-refractivity contribution in [1.29, 1.82) is 0 Å². The average molecular weight is 763 g/mol. The summed E-state index contributed by atoms with van der Waals surface area (Å²) in [5.41, 5.74) is 8.76. The predicted molar refractivity (Wildman–Crippen MR) is 229 cm³/mol. The molecule has 0 amide bonds. The molecule has 0 unspecified atom stereocenters. The summed E-state index contributed by atoms with van der Waals surface area (Å²) in [6.45, 7) is 38.4. The van der Waals surface area contributed by atoms with E-state index in [9.17, 15) is 0 Å². The molecule has 0 spiro atoms. The Kier molecular flexibility index (Phi) is 14.3. The summed E-state index contributed by atoms with van der Waals surface area (Å²) in [5, 5.41) is 0. The van der Waals surface area contributed by atoms with Gasteiger partial charge < -0.3 is 16.3 Å². The zero-order valence-corrected chi connectivity index (χ0v) is 38.5. The maximum absolute atomic E-state index is 5.27. The SMILES string of the molecule is CC(C)c1cccc(C(C)C)c1N1C=CN(c2c(C(C)C)cccc2C(C)C)[CH-]1.C[Si](C)(C)[CH]=[V]=[N]C12CC3CC(CC(C3)C1)C2.[CH2-][Si](C)(C)C. The van der Waals surface area contributed by atoms with Crippen LogP contribution in [-0.4, -0.2) is 26.0 Å². The van der Waals surface area contributed by atoms with E-state index in [0.29, 0.717) is 29.2 Å². The average Bonchev–Trinajstić information content (AvgIpc) is 3.48. The van der Waals surface area contributed by atoms with Crippen molar-refractivity contribution in [2.75, 3.05) is 9.80 Å². The van der Waals surface area contributed by atoms with E-state index in [-0.39, 0.29) is 15.7 Å². The predicted octanol–water partition coefficient (Wildman–Crippen LogP) is 13.7. The van der Waals surface area contributed by atoms with E-state index in [0.717, 1.165) is 17.8 Å². The van der Waals surface area contributed by atoms with Crippen LogP contribution in [0.2, 0.25) is 39.3 Å². The van der Waals surface area contributed by atoms with Gasteiger partial charge >= 0.3 is 113 Å². The molecule has 0 atom stereocenters. The fourth-order valence-corrected chi connectivity index (χ4v) is 11.8. The number of benzene rings is 2. The van der Waals surface area contributed by atoms with Gasteiger partial charge in [-0.2, -0.15) is 0 Å². The summed E-state index contributed by atoms with van der Waals surface area (Å²) >= 11 is 0.181. The zero-order valence-electron chi connectivity index (χ0n) is 35.1. The minimum absolute atomic E-state index is 0.181. The molecule has 0 radical (unpaired) electrons. The summed E-state index contributed by atoms with van der Waals surface area (Å²) in [6, 6.07) is 13.5. The number of nitrogens with zero attached hydrogens (tertiary/aromatic N) is 3. The van der Waals surface area contributed by atoms with Gasteiger partial charge in [-0.15, -0.1) is 14.7 Å². The third-order valence-electron chi connectivity index (χ3n) is 10.6. The first kappa shape index (κ1) is 42.2. The summed E-state index contributed by atoms with van der Waals surface area (Å²) in [7, 11) is -1.83. The van der Waals surface area contributed by atoms with Crippen molar-refractivity contribution in [2.24, 2.45) is 21.5 Å². The molecule has 0 aromatic heterocycles. The first-order valence-corrected chi connectivity index (χ1v) is 28.8. The third-order valence-corrected chi connectivity index (χ3v) is 16.5. The topological polar surface area (TPSA) is 18.8 Å². The monoisotopic (exact) mass is 762 g/mol. The van der Waals surface area contributed by atoms with Gasteiger partial charge in [0.15, 0.2) is 0 Å². The van der Waals surface area contributed by atoms with Crippen molar-refractivity contribution in [3.63, 3.8) is 0 Å². The van der Waals surface area contributed by atoms with Gasteiger partial charge in [0.05, 0.1) is 0 Å². The Balaban J connectivity index is 0.000000222. The van der Waals surface area contributed by atoms with Gasteiger partial charge in [-0.3, -0.25) is 0 Å². The zero-order chi connectivity index (χ0) is 37.9. The molecular formula is C45H73N3Si2V-2. The van der Waals surface area contributed by atoms with Crippen molar-refractivity contribution in [3.8, 4) is 0 Å². The van der Waals surface area contributed by atoms with Gasteiger partial charge in [0.2, 0.25) is 0 Å². The molecule has 4 saturated carbocycles. The molecule has 51 heavy (non-hydrogen) atoms. The summed E-state index contributed by atoms with van der Waals surface area (Å²) in [6.07, 6.45) is 13.4. The Labute approximate surface area is 323 Å². The number of hydrogen-bond acceptors (Lipinski definition) is 3. The van der Waals surface area contributed by atoms with Crippen molar-refractivity contribution >= 4 is 31.9 Å². The molecule has 4 bridgehead atoms. The van der Waals surface area contributed by atoms with Gasteiger partial charge in [0.25, 0.3) is 0 Å². The maximum Gasteiger partial charge on any atom is -0.0951 e. The van der Waals surface area contributed by atoms with E-state index >= 15 is 0 Å². The molecule has 1 heterocycles. The summed E-state index contributed by atoms with van der Waals surface area (Å²) in [4.78, 5) is 4.65. The number of hydrogen-bond donors (Lipinski definition) is 0. The van der Waals surface area contributed by atoms with Gasteiger partial charge in [-0.25, -0.2) is 0 Å². The van der Waals surface area contributed by atoms with Crippen molar-refractivity contribution in [2.45, 2.75) is 162 Å². The number of para-hydroxylation sites is 2. The Morgan fingerprint density at radius 1 is 0.667 bits per heavy atom. The van der Waals surface area contributed by atoms with Crippen LogP contribution in [0.15, 0.2) is 52.6 Å². The molecule has 2 aromatic rings. The smallest absolute Gasteiger partial charge is 0.0951 e. The van der Waals surface area contributed by atoms with Gasteiger partial charge in [-0.05, 0) is 58.3 Å². The van der Waals surface area contributed by atoms with Crippen LogP contribution in [0.4, 0.5) is 11.4 Å². The second kappa shape index (κ2) is 17.3. The quantitative estimate of drug-likeness (QED) is 0.197. The van der Waals surface area contributed by atoms with Crippen molar-refractivity contribution in [3.05, 3.63) is 84.3 Å². The Hall–Kier alpha value is -1.53. The maximum atomic E-state index is 5.27. The van der Waals surface area contributed by atoms with E-state index < -0.39 is 16.1 Å². The van der Waals surface area contributed by atoms with Crippen LogP contribution in [-0.2, 0) is 15.7 Å². The van der Waals surface area contributed by atoms with Crippen LogP contribution in [0.25, 0.3) is 0 Å². The summed E-state index contributed by atoms with van der Waals surface area (Å²) < 4.78 is 7.90. The van der Waals surface area contributed by atoms with Gasteiger partial charge in [-0.1, -0.05) is 111 Å². The van der Waals surface area contributed by atoms with Crippen LogP contribution in [0.5, 0.6) is 0 Å². The molecule has 4 fully saturated rings. The molecule has 6 heteroatoms. The molecule has 3 nitrogen and oxygen atoms in total. The van der Waals surface area contributed by atoms with Crippen LogP contribution < -0.4 is 9.80 Å². The minimum Gasteiger partial charge on any atom is -0.342 e. The Bertz CT molecular complexity index is 1390. The van der Waals surface area contributed by atoms with Gasteiger partial charge in [0, 0.05) is 11.4 Å². The molecule has 4 aliphatic carbocycles. The Morgan fingerprint density at radius 2 is 0.980 bits per heavy atom. The van der Waals surface area contributed by atoms with E-state index in [1.54, 1.807) is 19.3 Å². The summed E-state index contributed by atoms with van der Waals surface area (Å²) in [5.74, 6) is 5.08. The molecule has 5 aliphatic rings. The molecule has 0 saturated heterocycles. The van der Waals surface area contributed by atoms with Crippen LogP contribution in [0, 0.1) is 31.0 Å². The minimum atomic E-state index is -0.969. The van der Waals surface area contributed by atoms with E-state index in [1.165, 1.54) is 52.9 Å². The van der Waals surface area contributed by atoms with Crippen LogP contribution in [0.3, 0.4) is 0 Å². The van der Waals surface area contributed by atoms with Crippen molar-refractivity contribution in [1.82, 2.24) is 0 Å². The molecule has 7 rings (SSSR count). The van der Waals surface area contributed by atoms with Crippen molar-refractivity contribution < 1.29 is 15.7 Å². The third kappa shape index (κ3) is 11.7. The number of anilines is 2. The molecule has 2 aromatic carbocycles. The van der Waals surface area contributed by atoms with E-state index in [4.69, 9.17) is 3.79 Å². The molecule has 0 N–H and O–H groups in total. The normalized spacial score (nSPS) is 23.8. The fraction of sp³-hybridized carbons (Fsp3) is 0.622. The standard InChI is InChI=1S/C27H37N2.C10H15N.C4H11Si.C4H10Si.V/c1-18(2)22-11-9-12-23(19(3)4)26(22)28-15-16-29(17-28)27-24(20(5)6)13-10-14-25(27)21(7)8;11-10-4-7-1-8(5-10)3-9(2-7)6-10;2*1-5(2,3)4;/h9-21H,1-8H3;7-9H,1-6H2;1H2,2-4H3;1H,2-4H3;/q-1;;-1;;. The first-order valence-electron chi connectivity index (χ1n) is 20.1. The molecule has 283 valence electrons. The number of rotatable bonds is 8. The van der Waals surface area contributed by atoms with E-state index in [2.05, 4.69) is 171 Å². The van der Waals surface area contributed by atoms with E-state index in [1.807, 2.05) is 0 Å². The fourth-order valence-electron chi connectivity index (χ4n) is 8.75. The molecule has 1 aliphatic heterocycles. The van der Waals surface area contributed by atoms with Crippen LogP contribution in [0.1, 0.15) is 140 Å². The Morgan fingerprint density at radius 3 is 1.25 bits per heavy atom.